The predicted molar refractivity (Wildman–Crippen MR) is 80.2 cm³/mol. The average Bonchev–Trinajstić information content (AvgIpc) is 3.05. The van der Waals surface area contributed by atoms with E-state index in [2.05, 4.69) is 55.6 Å². The van der Waals surface area contributed by atoms with Crippen LogP contribution < -0.4 is 4.90 Å². The van der Waals surface area contributed by atoms with Crippen molar-refractivity contribution < 1.29 is 0 Å². The summed E-state index contributed by atoms with van der Waals surface area (Å²) >= 11 is 5.24. The van der Waals surface area contributed by atoms with Gasteiger partial charge in [0.15, 0.2) is 0 Å². The molecule has 0 aromatic carbocycles. The van der Waals surface area contributed by atoms with E-state index in [4.69, 9.17) is 0 Å². The summed E-state index contributed by atoms with van der Waals surface area (Å²) < 4.78 is 1.05. The molecule has 2 aromatic heterocycles. The number of hydrogen-bond acceptors (Lipinski definition) is 3. The lowest BCUT2D eigenvalue weighted by Gasteiger charge is -2.24. The molecular weight excluding hydrogens is 308 g/mol. The molecule has 4 heteroatoms. The van der Waals surface area contributed by atoms with Gasteiger partial charge in [0.1, 0.15) is 5.82 Å². The fourth-order valence-electron chi connectivity index (χ4n) is 2.18. The molecule has 3 rings (SSSR count). The molecule has 2 heterocycles. The topological polar surface area (TPSA) is 16.1 Å². The molecule has 0 unspecified atom stereocenters. The van der Waals surface area contributed by atoms with Crippen molar-refractivity contribution in [2.24, 2.45) is 0 Å². The first-order valence-corrected chi connectivity index (χ1v) is 7.87. The van der Waals surface area contributed by atoms with Gasteiger partial charge in [0.05, 0.1) is 0 Å². The molecule has 0 spiro atoms. The average molecular weight is 323 g/mol. The normalized spacial score (nSPS) is 14.8. The number of aromatic nitrogens is 1. The second-order valence-corrected chi connectivity index (χ2v) is 6.48. The molecule has 0 radical (unpaired) electrons. The van der Waals surface area contributed by atoms with Gasteiger partial charge in [0.25, 0.3) is 0 Å². The highest BCUT2D eigenvalue weighted by Gasteiger charge is 2.30. The minimum atomic E-state index is 0.678. The fourth-order valence-corrected chi connectivity index (χ4v) is 3.28. The van der Waals surface area contributed by atoms with Crippen LogP contribution in [0.3, 0.4) is 0 Å². The maximum absolute atomic E-state index is 4.60. The van der Waals surface area contributed by atoms with Crippen LogP contribution in [-0.2, 0) is 6.54 Å². The molecule has 2 aromatic rings. The maximum Gasteiger partial charge on any atom is 0.132 e. The lowest BCUT2D eigenvalue weighted by atomic mass is 10.2. The van der Waals surface area contributed by atoms with Gasteiger partial charge >= 0.3 is 0 Å². The second-order valence-electron chi connectivity index (χ2n) is 4.78. The Kier molecular flexibility index (Phi) is 3.39. The van der Waals surface area contributed by atoms with Crippen LogP contribution in [0.4, 0.5) is 5.82 Å². The first-order valence-electron chi connectivity index (χ1n) is 6.14. The molecule has 94 valence electrons. The maximum atomic E-state index is 4.60. The van der Waals surface area contributed by atoms with E-state index >= 15 is 0 Å². The molecule has 18 heavy (non-hydrogen) atoms. The summed E-state index contributed by atoms with van der Waals surface area (Å²) in [6, 6.07) is 5.02. The van der Waals surface area contributed by atoms with Crippen LogP contribution in [0.25, 0.3) is 0 Å². The largest absolute Gasteiger partial charge is 0.349 e. The fraction of sp³-hybridized carbons (Fsp3) is 0.357. The Morgan fingerprint density at radius 3 is 2.94 bits per heavy atom. The van der Waals surface area contributed by atoms with Gasteiger partial charge in [-0.3, -0.25) is 0 Å². The van der Waals surface area contributed by atoms with Crippen LogP contribution in [0.2, 0.25) is 0 Å². The minimum absolute atomic E-state index is 0.678. The van der Waals surface area contributed by atoms with Gasteiger partial charge in [-0.2, -0.15) is 11.3 Å². The molecule has 2 nitrogen and oxygen atoms in total. The van der Waals surface area contributed by atoms with E-state index in [-0.39, 0.29) is 0 Å². The van der Waals surface area contributed by atoms with Crippen molar-refractivity contribution >= 4 is 33.1 Å². The lowest BCUT2D eigenvalue weighted by molar-refractivity contribution is 0.775. The SMILES string of the molecule is Cc1cc(Br)cnc1N(Cc1ccsc1)C1CC1. The molecule has 0 saturated heterocycles. The van der Waals surface area contributed by atoms with E-state index in [0.717, 1.165) is 16.8 Å². The third-order valence-corrected chi connectivity index (χ3v) is 4.38. The Morgan fingerprint density at radius 2 is 2.33 bits per heavy atom. The second kappa shape index (κ2) is 5.02. The summed E-state index contributed by atoms with van der Waals surface area (Å²) in [6.45, 7) is 3.11. The number of hydrogen-bond donors (Lipinski definition) is 0. The highest BCUT2D eigenvalue weighted by molar-refractivity contribution is 9.10. The predicted octanol–water partition coefficient (Wildman–Crippen LogP) is 4.38. The highest BCUT2D eigenvalue weighted by atomic mass is 79.9. The van der Waals surface area contributed by atoms with Gasteiger partial charge in [-0.1, -0.05) is 0 Å². The van der Waals surface area contributed by atoms with Crippen molar-refractivity contribution in [2.75, 3.05) is 4.90 Å². The van der Waals surface area contributed by atoms with Gasteiger partial charge in [-0.15, -0.1) is 0 Å². The lowest BCUT2D eigenvalue weighted by Crippen LogP contribution is -2.26. The summed E-state index contributed by atoms with van der Waals surface area (Å²) in [5, 5.41) is 4.37. The zero-order valence-electron chi connectivity index (χ0n) is 10.3. The highest BCUT2D eigenvalue weighted by Crippen LogP contribution is 2.34. The number of aryl methyl sites for hydroxylation is 1. The van der Waals surface area contributed by atoms with Gasteiger partial charge in [0, 0.05) is 23.3 Å². The first-order chi connectivity index (χ1) is 8.74. The van der Waals surface area contributed by atoms with Crippen LogP contribution in [0, 0.1) is 6.92 Å². The molecule has 0 atom stereocenters. The molecule has 0 N–H and O–H groups in total. The molecule has 1 aliphatic rings. The van der Waals surface area contributed by atoms with E-state index in [9.17, 15) is 0 Å². The van der Waals surface area contributed by atoms with Crippen LogP contribution in [0.1, 0.15) is 24.0 Å². The Labute approximate surface area is 120 Å². The summed E-state index contributed by atoms with van der Waals surface area (Å²) in [5.41, 5.74) is 2.63. The molecule has 0 aliphatic heterocycles. The van der Waals surface area contributed by atoms with Crippen LogP contribution in [-0.4, -0.2) is 11.0 Å². The Bertz CT molecular complexity index is 535. The van der Waals surface area contributed by atoms with Crippen molar-refractivity contribution in [1.29, 1.82) is 0 Å². The van der Waals surface area contributed by atoms with Crippen molar-refractivity contribution in [2.45, 2.75) is 32.4 Å². The van der Waals surface area contributed by atoms with E-state index in [1.54, 1.807) is 11.3 Å². The van der Waals surface area contributed by atoms with Gasteiger partial charge < -0.3 is 4.90 Å². The van der Waals surface area contributed by atoms with Gasteiger partial charge in [-0.05, 0) is 69.7 Å². The number of halogens is 1. The minimum Gasteiger partial charge on any atom is -0.349 e. The zero-order valence-corrected chi connectivity index (χ0v) is 12.7. The number of anilines is 1. The number of nitrogens with zero attached hydrogens (tertiary/aromatic N) is 2. The summed E-state index contributed by atoms with van der Waals surface area (Å²) in [5.74, 6) is 1.13. The van der Waals surface area contributed by atoms with Crippen LogP contribution in [0.5, 0.6) is 0 Å². The molecule has 0 bridgehead atoms. The van der Waals surface area contributed by atoms with Crippen molar-refractivity contribution in [3.05, 3.63) is 44.7 Å². The van der Waals surface area contributed by atoms with E-state index in [1.807, 2.05) is 6.20 Å². The molecular formula is C14H15BrN2S. The van der Waals surface area contributed by atoms with Crippen molar-refractivity contribution in [1.82, 2.24) is 4.98 Å². The number of pyridine rings is 1. The summed E-state index contributed by atoms with van der Waals surface area (Å²) in [4.78, 5) is 7.05. The van der Waals surface area contributed by atoms with E-state index in [0.29, 0.717) is 6.04 Å². The quantitative estimate of drug-likeness (QED) is 0.830. The molecule has 0 amide bonds. The van der Waals surface area contributed by atoms with Crippen LogP contribution in [0.15, 0.2) is 33.6 Å². The van der Waals surface area contributed by atoms with Gasteiger partial charge in [0.2, 0.25) is 0 Å². The van der Waals surface area contributed by atoms with Crippen molar-refractivity contribution in [3.63, 3.8) is 0 Å². The number of rotatable bonds is 4. The standard InChI is InChI=1S/C14H15BrN2S/c1-10-6-12(15)7-16-14(10)17(13-2-3-13)8-11-4-5-18-9-11/h4-7,9,13H,2-3,8H2,1H3. The zero-order chi connectivity index (χ0) is 12.5. The van der Waals surface area contributed by atoms with E-state index in [1.165, 1.54) is 24.0 Å². The summed E-state index contributed by atoms with van der Waals surface area (Å²) in [7, 11) is 0. The van der Waals surface area contributed by atoms with E-state index < -0.39 is 0 Å². The Hall–Kier alpha value is -0.870. The Balaban J connectivity index is 1.89. The van der Waals surface area contributed by atoms with Crippen molar-refractivity contribution in [3.8, 4) is 0 Å². The smallest absolute Gasteiger partial charge is 0.132 e. The molecule has 1 aliphatic carbocycles. The van der Waals surface area contributed by atoms with Crippen LogP contribution >= 0.6 is 27.3 Å². The molecule has 1 saturated carbocycles. The number of thiophene rings is 1. The summed E-state index contributed by atoms with van der Waals surface area (Å²) in [6.07, 6.45) is 4.48. The van der Waals surface area contributed by atoms with Gasteiger partial charge in [-0.25, -0.2) is 4.98 Å². The third-order valence-electron chi connectivity index (χ3n) is 3.21. The first kappa shape index (κ1) is 12.2. The Morgan fingerprint density at radius 1 is 1.50 bits per heavy atom. The molecule has 1 fully saturated rings. The third kappa shape index (κ3) is 2.59. The monoisotopic (exact) mass is 322 g/mol.